The minimum atomic E-state index is -0.414. The van der Waals surface area contributed by atoms with E-state index in [1.54, 1.807) is 0 Å². The topological polar surface area (TPSA) is 81.0 Å². The van der Waals surface area contributed by atoms with Crippen LogP contribution in [0.1, 0.15) is 117 Å². The Morgan fingerprint density at radius 2 is 1.14 bits per heavy atom. The predicted octanol–water partition coefficient (Wildman–Crippen LogP) is 4.97. The minimum absolute atomic E-state index is 0.0805. The van der Waals surface area contributed by atoms with Gasteiger partial charge in [0.2, 0.25) is 5.91 Å². The van der Waals surface area contributed by atoms with Crippen molar-refractivity contribution in [3.63, 3.8) is 0 Å². The highest BCUT2D eigenvalue weighted by Crippen LogP contribution is 2.20. The molecule has 5 heteroatoms. The van der Waals surface area contributed by atoms with Gasteiger partial charge in [-0.1, -0.05) is 90.9 Å². The average Bonchev–Trinajstić information content (AvgIpc) is 2.69. The summed E-state index contributed by atoms with van der Waals surface area (Å²) in [5.41, 5.74) is 0. The molecule has 0 rings (SSSR count). The maximum Gasteiger partial charge on any atom is 0.229 e. The zero-order valence-electron chi connectivity index (χ0n) is 18.6. The van der Waals surface area contributed by atoms with Gasteiger partial charge >= 0.3 is 0 Å². The Bertz CT molecular complexity index is 347. The van der Waals surface area contributed by atoms with Gasteiger partial charge in [0.15, 0.2) is 0 Å². The van der Waals surface area contributed by atoms with Crippen LogP contribution < -0.4 is 0 Å². The molecule has 5 nitrogen and oxygen atoms in total. The molecule has 0 saturated heterocycles. The third kappa shape index (κ3) is 14.4. The van der Waals surface area contributed by atoms with Gasteiger partial charge in [0.05, 0.1) is 6.10 Å². The number of rotatable bonds is 20. The van der Waals surface area contributed by atoms with Crippen molar-refractivity contribution in [2.45, 2.75) is 123 Å². The molecule has 0 spiro atoms. The van der Waals surface area contributed by atoms with Gasteiger partial charge in [-0.25, -0.2) is 0 Å². The van der Waals surface area contributed by atoms with Crippen LogP contribution in [0, 0.1) is 5.92 Å². The maximum atomic E-state index is 12.3. The van der Waals surface area contributed by atoms with Crippen LogP contribution in [0.25, 0.3) is 0 Å². The zero-order chi connectivity index (χ0) is 21.0. The molecule has 0 bridgehead atoms. The van der Waals surface area contributed by atoms with Crippen molar-refractivity contribution in [1.29, 1.82) is 0 Å². The second-order valence-corrected chi connectivity index (χ2v) is 8.20. The summed E-state index contributed by atoms with van der Waals surface area (Å²) in [5.74, 6) is -0.205. The summed E-state index contributed by atoms with van der Waals surface area (Å²) in [5, 5.41) is 28.3. The zero-order valence-corrected chi connectivity index (χ0v) is 18.6. The molecule has 0 fully saturated rings. The van der Waals surface area contributed by atoms with Crippen molar-refractivity contribution in [2.24, 2.45) is 5.92 Å². The number of carbonyl (C=O) groups is 1. The first-order valence-electron chi connectivity index (χ1n) is 11.8. The summed E-state index contributed by atoms with van der Waals surface area (Å²) >= 11 is 0. The summed E-state index contributed by atoms with van der Waals surface area (Å²) in [7, 11) is 0. The van der Waals surface area contributed by atoms with E-state index in [9.17, 15) is 9.90 Å². The lowest BCUT2D eigenvalue weighted by Gasteiger charge is -2.23. The van der Waals surface area contributed by atoms with Gasteiger partial charge < -0.3 is 15.3 Å². The molecule has 1 amide bonds. The quantitative estimate of drug-likeness (QED) is 0.199. The number of aliphatic hydroxyl groups excluding tert-OH is 3. The third-order valence-electron chi connectivity index (χ3n) is 5.62. The van der Waals surface area contributed by atoms with Crippen LogP contribution in [0.15, 0.2) is 0 Å². The molecule has 2 atom stereocenters. The maximum absolute atomic E-state index is 12.3. The van der Waals surface area contributed by atoms with E-state index in [4.69, 9.17) is 10.2 Å². The molecule has 0 aromatic carbocycles. The van der Waals surface area contributed by atoms with E-state index < -0.39 is 13.5 Å². The molecule has 0 aliphatic carbocycles. The first-order chi connectivity index (χ1) is 13.6. The largest absolute Gasteiger partial charge is 0.393 e. The standard InChI is InChI=1S/C23H47NO4/c1-3-5-6-13-17-22(27)18-14-11-9-7-8-10-12-16-21(15-4-2)23(28)24(19-25)20-26/h21-22,25-27H,3-20H2,1-2H3. The van der Waals surface area contributed by atoms with Crippen molar-refractivity contribution < 1.29 is 20.1 Å². The number of aliphatic hydroxyl groups is 3. The molecule has 28 heavy (non-hydrogen) atoms. The van der Waals surface area contributed by atoms with Gasteiger partial charge in [-0.15, -0.1) is 0 Å². The van der Waals surface area contributed by atoms with Crippen LogP contribution in [0.5, 0.6) is 0 Å². The highest BCUT2D eigenvalue weighted by atomic mass is 16.3. The first kappa shape index (κ1) is 27.4. The lowest BCUT2D eigenvalue weighted by Crippen LogP contribution is -2.37. The summed E-state index contributed by atoms with van der Waals surface area (Å²) in [6.07, 6.45) is 17.4. The second-order valence-electron chi connectivity index (χ2n) is 8.20. The van der Waals surface area contributed by atoms with Crippen LogP contribution in [0.3, 0.4) is 0 Å². The molecule has 0 saturated carbocycles. The molecule has 0 heterocycles. The fraction of sp³-hybridized carbons (Fsp3) is 0.957. The van der Waals surface area contributed by atoms with Crippen LogP contribution in [-0.4, -0.2) is 45.7 Å². The molecule has 2 unspecified atom stereocenters. The van der Waals surface area contributed by atoms with E-state index in [1.165, 1.54) is 44.9 Å². The Morgan fingerprint density at radius 1 is 0.679 bits per heavy atom. The Morgan fingerprint density at radius 3 is 1.61 bits per heavy atom. The summed E-state index contributed by atoms with van der Waals surface area (Å²) in [6, 6.07) is 0. The lowest BCUT2D eigenvalue weighted by atomic mass is 9.94. The second kappa shape index (κ2) is 19.7. The van der Waals surface area contributed by atoms with Crippen LogP contribution in [0.2, 0.25) is 0 Å². The highest BCUT2D eigenvalue weighted by Gasteiger charge is 2.22. The molecule has 0 radical (unpaired) electrons. The van der Waals surface area contributed by atoms with Gasteiger partial charge in [0.25, 0.3) is 0 Å². The van der Waals surface area contributed by atoms with Crippen LogP contribution in [-0.2, 0) is 4.79 Å². The third-order valence-corrected chi connectivity index (χ3v) is 5.62. The number of hydrogen-bond acceptors (Lipinski definition) is 4. The van der Waals surface area contributed by atoms with Crippen LogP contribution in [0.4, 0.5) is 0 Å². The van der Waals surface area contributed by atoms with E-state index in [0.717, 1.165) is 62.7 Å². The molecular weight excluding hydrogens is 354 g/mol. The van der Waals surface area contributed by atoms with Gasteiger partial charge in [-0.2, -0.15) is 0 Å². The minimum Gasteiger partial charge on any atom is -0.393 e. The van der Waals surface area contributed by atoms with Crippen molar-refractivity contribution in [2.75, 3.05) is 13.5 Å². The first-order valence-corrected chi connectivity index (χ1v) is 11.8. The Hall–Kier alpha value is -0.650. The number of unbranched alkanes of at least 4 members (excludes halogenated alkanes) is 9. The molecular formula is C23H47NO4. The number of hydrogen-bond donors (Lipinski definition) is 3. The highest BCUT2D eigenvalue weighted by molar-refractivity contribution is 5.78. The normalized spacial score (nSPS) is 13.5. The van der Waals surface area contributed by atoms with Crippen molar-refractivity contribution in [3.8, 4) is 0 Å². The van der Waals surface area contributed by atoms with Crippen molar-refractivity contribution in [1.82, 2.24) is 4.90 Å². The smallest absolute Gasteiger partial charge is 0.229 e. The van der Waals surface area contributed by atoms with Crippen molar-refractivity contribution >= 4 is 5.91 Å². The van der Waals surface area contributed by atoms with Gasteiger partial charge in [-0.05, 0) is 25.7 Å². The van der Waals surface area contributed by atoms with E-state index in [2.05, 4.69) is 13.8 Å². The van der Waals surface area contributed by atoms with E-state index in [0.29, 0.717) is 0 Å². The van der Waals surface area contributed by atoms with E-state index in [1.807, 2.05) is 0 Å². The fourth-order valence-electron chi connectivity index (χ4n) is 3.79. The van der Waals surface area contributed by atoms with Gasteiger partial charge in [-0.3, -0.25) is 9.69 Å². The molecule has 168 valence electrons. The summed E-state index contributed by atoms with van der Waals surface area (Å²) < 4.78 is 0. The Balaban J connectivity index is 3.66. The molecule has 0 aromatic heterocycles. The Labute approximate surface area is 173 Å². The van der Waals surface area contributed by atoms with Gasteiger partial charge in [0.1, 0.15) is 13.5 Å². The molecule has 0 aliphatic rings. The van der Waals surface area contributed by atoms with Gasteiger partial charge in [0, 0.05) is 5.92 Å². The van der Waals surface area contributed by atoms with Crippen molar-refractivity contribution in [3.05, 3.63) is 0 Å². The fourth-order valence-corrected chi connectivity index (χ4v) is 3.79. The summed E-state index contributed by atoms with van der Waals surface area (Å²) in [6.45, 7) is 3.44. The monoisotopic (exact) mass is 401 g/mol. The molecule has 0 aliphatic heterocycles. The van der Waals surface area contributed by atoms with E-state index >= 15 is 0 Å². The SMILES string of the molecule is CCCCCCC(O)CCCCCCCCCC(CCC)C(=O)N(CO)CO. The molecule has 0 aromatic rings. The number of amides is 1. The lowest BCUT2D eigenvalue weighted by molar-refractivity contribution is -0.144. The average molecular weight is 402 g/mol. The van der Waals surface area contributed by atoms with Crippen LogP contribution >= 0.6 is 0 Å². The number of nitrogens with zero attached hydrogens (tertiary/aromatic N) is 1. The van der Waals surface area contributed by atoms with E-state index in [-0.39, 0.29) is 17.9 Å². The summed E-state index contributed by atoms with van der Waals surface area (Å²) in [4.78, 5) is 13.4. The Kier molecular flexibility index (Phi) is 19.2. The predicted molar refractivity (Wildman–Crippen MR) is 116 cm³/mol. The number of carbonyl (C=O) groups excluding carboxylic acids is 1. The molecule has 3 N–H and O–H groups in total.